The lowest BCUT2D eigenvalue weighted by molar-refractivity contribution is 0.102. The molecule has 0 aromatic carbocycles. The van der Waals surface area contributed by atoms with E-state index in [0.29, 0.717) is 5.82 Å². The highest BCUT2D eigenvalue weighted by Gasteiger charge is 2.07. The van der Waals surface area contributed by atoms with Crippen molar-refractivity contribution in [3.63, 3.8) is 0 Å². The molecular weight excluding hydrogens is 226 g/mol. The fourth-order valence-electron chi connectivity index (χ4n) is 1.15. The van der Waals surface area contributed by atoms with E-state index in [1.807, 2.05) is 0 Å². The lowest BCUT2D eigenvalue weighted by atomic mass is 10.3. The predicted octanol–water partition coefficient (Wildman–Crippen LogP) is 2.38. The van der Waals surface area contributed by atoms with Gasteiger partial charge in [0, 0.05) is 6.20 Å². The average Bonchev–Trinajstić information content (AvgIpc) is 2.30. The number of hydrogen-bond donors (Lipinski definition) is 1. The average molecular weight is 234 g/mol. The summed E-state index contributed by atoms with van der Waals surface area (Å²) < 4.78 is 0. The minimum atomic E-state index is -0.332. The zero-order chi connectivity index (χ0) is 11.4. The second-order valence-electron chi connectivity index (χ2n) is 3.01. The van der Waals surface area contributed by atoms with Crippen LogP contribution >= 0.6 is 11.6 Å². The Bertz CT molecular complexity index is 502. The number of hydrogen-bond acceptors (Lipinski definition) is 3. The summed E-state index contributed by atoms with van der Waals surface area (Å²) in [6, 6.07) is 10.1. The quantitative estimate of drug-likeness (QED) is 0.811. The highest BCUT2D eigenvalue weighted by molar-refractivity contribution is 6.29. The first kappa shape index (κ1) is 10.6. The fraction of sp³-hybridized carbons (Fsp3) is 0. The summed E-state index contributed by atoms with van der Waals surface area (Å²) in [6.45, 7) is 0. The number of anilines is 1. The maximum Gasteiger partial charge on any atom is 0.275 e. The summed E-state index contributed by atoms with van der Waals surface area (Å²) in [4.78, 5) is 19.6. The van der Waals surface area contributed by atoms with E-state index in [1.165, 1.54) is 0 Å². The number of pyridine rings is 2. The molecule has 0 saturated carbocycles. The standard InChI is InChI=1S/C11H8ClN3O/c12-9-5-3-4-8(14-9)11(16)15-10-6-1-2-7-13-10/h1-7H,(H,13,15,16). The van der Waals surface area contributed by atoms with Crippen molar-refractivity contribution in [2.45, 2.75) is 0 Å². The van der Waals surface area contributed by atoms with Crippen LogP contribution < -0.4 is 5.32 Å². The van der Waals surface area contributed by atoms with Crippen molar-refractivity contribution in [2.75, 3.05) is 5.32 Å². The van der Waals surface area contributed by atoms with Gasteiger partial charge in [-0.05, 0) is 24.3 Å². The molecule has 0 fully saturated rings. The first-order valence-electron chi connectivity index (χ1n) is 4.60. The highest BCUT2D eigenvalue weighted by atomic mass is 35.5. The van der Waals surface area contributed by atoms with E-state index in [2.05, 4.69) is 15.3 Å². The number of nitrogens with zero attached hydrogens (tertiary/aromatic N) is 2. The number of aromatic nitrogens is 2. The molecule has 2 heterocycles. The van der Waals surface area contributed by atoms with Crippen LogP contribution in [0.4, 0.5) is 5.82 Å². The Morgan fingerprint density at radius 2 is 2.06 bits per heavy atom. The lowest BCUT2D eigenvalue weighted by Crippen LogP contribution is -2.14. The third-order valence-electron chi connectivity index (χ3n) is 1.85. The first-order valence-corrected chi connectivity index (χ1v) is 4.98. The number of carbonyl (C=O) groups is 1. The van der Waals surface area contributed by atoms with Gasteiger partial charge >= 0.3 is 0 Å². The Morgan fingerprint density at radius 1 is 1.19 bits per heavy atom. The summed E-state index contributed by atoms with van der Waals surface area (Å²) in [6.07, 6.45) is 1.60. The van der Waals surface area contributed by atoms with Crippen LogP contribution in [0.15, 0.2) is 42.6 Å². The Morgan fingerprint density at radius 3 is 2.75 bits per heavy atom. The minimum absolute atomic E-state index is 0.262. The van der Waals surface area contributed by atoms with Crippen LogP contribution in [0.2, 0.25) is 5.15 Å². The Balaban J connectivity index is 2.15. The number of amides is 1. The summed E-state index contributed by atoms with van der Waals surface area (Å²) in [7, 11) is 0. The summed E-state index contributed by atoms with van der Waals surface area (Å²) in [5, 5.41) is 2.90. The van der Waals surface area contributed by atoms with E-state index in [4.69, 9.17) is 11.6 Å². The van der Waals surface area contributed by atoms with E-state index in [0.717, 1.165) is 0 Å². The van der Waals surface area contributed by atoms with E-state index in [-0.39, 0.29) is 16.8 Å². The third kappa shape index (κ3) is 2.55. The van der Waals surface area contributed by atoms with Crippen LogP contribution in [0.1, 0.15) is 10.5 Å². The van der Waals surface area contributed by atoms with Gasteiger partial charge in [0.15, 0.2) is 0 Å². The summed E-state index contributed by atoms with van der Waals surface area (Å²) in [5.41, 5.74) is 0.262. The molecule has 0 unspecified atom stereocenters. The van der Waals surface area contributed by atoms with Crippen molar-refractivity contribution in [2.24, 2.45) is 0 Å². The van der Waals surface area contributed by atoms with Crippen LogP contribution in [0.25, 0.3) is 0 Å². The molecule has 0 aliphatic carbocycles. The zero-order valence-electron chi connectivity index (χ0n) is 8.22. The monoisotopic (exact) mass is 233 g/mol. The Kier molecular flexibility index (Phi) is 3.12. The maximum atomic E-state index is 11.7. The molecule has 16 heavy (non-hydrogen) atoms. The van der Waals surface area contributed by atoms with Gasteiger partial charge in [-0.1, -0.05) is 23.7 Å². The van der Waals surface area contributed by atoms with Crippen molar-refractivity contribution in [1.29, 1.82) is 0 Å². The van der Waals surface area contributed by atoms with Gasteiger partial charge in [0.2, 0.25) is 0 Å². The maximum absolute atomic E-state index is 11.7. The first-order chi connectivity index (χ1) is 7.75. The molecule has 0 spiro atoms. The molecule has 80 valence electrons. The predicted molar refractivity (Wildman–Crippen MR) is 61.4 cm³/mol. The second-order valence-corrected chi connectivity index (χ2v) is 3.40. The lowest BCUT2D eigenvalue weighted by Gasteiger charge is -2.02. The van der Waals surface area contributed by atoms with Crippen molar-refractivity contribution < 1.29 is 4.79 Å². The summed E-state index contributed by atoms with van der Waals surface area (Å²) in [5.74, 6) is 0.149. The molecule has 2 aromatic rings. The molecule has 0 atom stereocenters. The SMILES string of the molecule is O=C(Nc1ccccn1)c1cccc(Cl)n1. The molecule has 0 radical (unpaired) electrons. The van der Waals surface area contributed by atoms with Gasteiger partial charge in [0.1, 0.15) is 16.7 Å². The molecule has 5 heteroatoms. The van der Waals surface area contributed by atoms with Crippen LogP contribution in [-0.4, -0.2) is 15.9 Å². The number of rotatable bonds is 2. The van der Waals surface area contributed by atoms with Gasteiger partial charge in [0.25, 0.3) is 5.91 Å². The van der Waals surface area contributed by atoms with Crippen molar-refractivity contribution >= 4 is 23.3 Å². The van der Waals surface area contributed by atoms with E-state index in [9.17, 15) is 4.79 Å². The van der Waals surface area contributed by atoms with Gasteiger partial charge in [-0.3, -0.25) is 4.79 Å². The van der Waals surface area contributed by atoms with E-state index < -0.39 is 0 Å². The molecule has 2 rings (SSSR count). The van der Waals surface area contributed by atoms with Gasteiger partial charge in [0.05, 0.1) is 0 Å². The number of carbonyl (C=O) groups excluding carboxylic acids is 1. The molecule has 0 aliphatic heterocycles. The van der Waals surface area contributed by atoms with Crippen molar-refractivity contribution in [3.8, 4) is 0 Å². The third-order valence-corrected chi connectivity index (χ3v) is 2.06. The molecule has 2 aromatic heterocycles. The van der Waals surface area contributed by atoms with Crippen LogP contribution in [0.3, 0.4) is 0 Å². The smallest absolute Gasteiger partial charge is 0.275 e. The van der Waals surface area contributed by atoms with Gasteiger partial charge in [-0.2, -0.15) is 0 Å². The van der Waals surface area contributed by atoms with Crippen LogP contribution in [0.5, 0.6) is 0 Å². The number of nitrogens with one attached hydrogen (secondary N) is 1. The highest BCUT2D eigenvalue weighted by Crippen LogP contribution is 2.07. The van der Waals surface area contributed by atoms with E-state index >= 15 is 0 Å². The second kappa shape index (κ2) is 4.72. The molecular formula is C11H8ClN3O. The van der Waals surface area contributed by atoms with Crippen molar-refractivity contribution in [1.82, 2.24) is 9.97 Å². The minimum Gasteiger partial charge on any atom is -0.305 e. The Labute approximate surface area is 97.3 Å². The van der Waals surface area contributed by atoms with Crippen molar-refractivity contribution in [3.05, 3.63) is 53.4 Å². The van der Waals surface area contributed by atoms with Crippen LogP contribution in [0, 0.1) is 0 Å². The molecule has 0 aliphatic rings. The largest absolute Gasteiger partial charge is 0.305 e. The fourth-order valence-corrected chi connectivity index (χ4v) is 1.32. The Hall–Kier alpha value is -1.94. The molecule has 0 bridgehead atoms. The van der Waals surface area contributed by atoms with E-state index in [1.54, 1.807) is 42.6 Å². The topological polar surface area (TPSA) is 54.9 Å². The molecule has 4 nitrogen and oxygen atoms in total. The molecule has 1 N–H and O–H groups in total. The number of halogens is 1. The molecule has 0 saturated heterocycles. The summed E-state index contributed by atoms with van der Waals surface area (Å²) >= 11 is 5.69. The normalized spacial score (nSPS) is 9.81. The van der Waals surface area contributed by atoms with Crippen LogP contribution in [-0.2, 0) is 0 Å². The van der Waals surface area contributed by atoms with Gasteiger partial charge in [-0.25, -0.2) is 9.97 Å². The zero-order valence-corrected chi connectivity index (χ0v) is 8.98. The van der Waals surface area contributed by atoms with Gasteiger partial charge < -0.3 is 5.32 Å². The van der Waals surface area contributed by atoms with Gasteiger partial charge in [-0.15, -0.1) is 0 Å². The molecule has 1 amide bonds.